The van der Waals surface area contributed by atoms with Gasteiger partial charge in [0.1, 0.15) is 0 Å². The standard InChI is InChI=1S/C14H17N3O3/c1-9-2-4-10(5-3-9)14-15-13(16-20-14)8-17-6-11(18)12(19)7-17/h2-5,11-12,18-19H,6-8H2,1H3. The van der Waals surface area contributed by atoms with E-state index in [1.54, 1.807) is 0 Å². The molecule has 2 heterocycles. The van der Waals surface area contributed by atoms with E-state index in [-0.39, 0.29) is 0 Å². The summed E-state index contributed by atoms with van der Waals surface area (Å²) in [6.07, 6.45) is -1.39. The van der Waals surface area contributed by atoms with Gasteiger partial charge in [-0.15, -0.1) is 0 Å². The maximum atomic E-state index is 9.50. The van der Waals surface area contributed by atoms with Gasteiger partial charge in [-0.2, -0.15) is 4.98 Å². The van der Waals surface area contributed by atoms with Gasteiger partial charge in [0.05, 0.1) is 18.8 Å². The summed E-state index contributed by atoms with van der Waals surface area (Å²) >= 11 is 0. The Labute approximate surface area is 116 Å². The van der Waals surface area contributed by atoms with Crippen molar-refractivity contribution in [2.45, 2.75) is 25.7 Å². The largest absolute Gasteiger partial charge is 0.389 e. The van der Waals surface area contributed by atoms with Crippen LogP contribution in [0.25, 0.3) is 11.5 Å². The van der Waals surface area contributed by atoms with Crippen molar-refractivity contribution < 1.29 is 14.7 Å². The Kier molecular flexibility index (Phi) is 3.52. The van der Waals surface area contributed by atoms with Gasteiger partial charge < -0.3 is 14.7 Å². The van der Waals surface area contributed by atoms with Gasteiger partial charge in [0, 0.05) is 18.7 Å². The van der Waals surface area contributed by atoms with Crippen LogP contribution in [0, 0.1) is 6.92 Å². The number of hydrogen-bond donors (Lipinski definition) is 2. The minimum Gasteiger partial charge on any atom is -0.389 e. The smallest absolute Gasteiger partial charge is 0.257 e. The van der Waals surface area contributed by atoms with Gasteiger partial charge in [-0.25, -0.2) is 0 Å². The topological polar surface area (TPSA) is 82.6 Å². The molecule has 6 heteroatoms. The first-order chi connectivity index (χ1) is 9.61. The lowest BCUT2D eigenvalue weighted by molar-refractivity contribution is 0.0572. The summed E-state index contributed by atoms with van der Waals surface area (Å²) in [5.74, 6) is 1.04. The minimum absolute atomic E-state index is 0.426. The molecule has 0 radical (unpaired) electrons. The lowest BCUT2D eigenvalue weighted by atomic mass is 10.1. The van der Waals surface area contributed by atoms with Crippen molar-refractivity contribution in [1.82, 2.24) is 15.0 Å². The Hall–Kier alpha value is -1.76. The van der Waals surface area contributed by atoms with E-state index in [4.69, 9.17) is 4.52 Å². The zero-order chi connectivity index (χ0) is 14.1. The Morgan fingerprint density at radius 1 is 1.20 bits per heavy atom. The van der Waals surface area contributed by atoms with E-state index in [0.717, 1.165) is 5.56 Å². The molecular weight excluding hydrogens is 258 g/mol. The molecule has 1 aromatic heterocycles. The average Bonchev–Trinajstić information content (AvgIpc) is 2.99. The van der Waals surface area contributed by atoms with E-state index in [1.807, 2.05) is 36.1 Å². The van der Waals surface area contributed by atoms with E-state index in [1.165, 1.54) is 5.56 Å². The molecule has 1 aliphatic rings. The summed E-state index contributed by atoms with van der Waals surface area (Å²) in [6.45, 7) is 3.33. The molecule has 20 heavy (non-hydrogen) atoms. The van der Waals surface area contributed by atoms with Gasteiger partial charge in [0.25, 0.3) is 5.89 Å². The van der Waals surface area contributed by atoms with E-state index in [9.17, 15) is 10.2 Å². The number of β-amino-alcohol motifs (C(OH)–C–C–N with tert-alkyl or cyclic N) is 2. The molecule has 2 unspecified atom stereocenters. The monoisotopic (exact) mass is 275 g/mol. The molecule has 2 atom stereocenters. The fourth-order valence-corrected chi connectivity index (χ4v) is 2.31. The summed E-state index contributed by atoms with van der Waals surface area (Å²) in [5.41, 5.74) is 2.06. The predicted octanol–water partition coefficient (Wildman–Crippen LogP) is 0.582. The number of likely N-dealkylation sites (tertiary alicyclic amines) is 1. The van der Waals surface area contributed by atoms with Gasteiger partial charge in [0.2, 0.25) is 0 Å². The number of aliphatic hydroxyl groups is 2. The molecule has 2 aromatic rings. The third-order valence-electron chi connectivity index (χ3n) is 3.47. The summed E-state index contributed by atoms with van der Waals surface area (Å²) < 4.78 is 5.24. The van der Waals surface area contributed by atoms with Crippen LogP contribution < -0.4 is 0 Å². The molecule has 0 aliphatic carbocycles. The second-order valence-corrected chi connectivity index (χ2v) is 5.21. The molecule has 0 amide bonds. The van der Waals surface area contributed by atoms with E-state index in [0.29, 0.717) is 31.3 Å². The van der Waals surface area contributed by atoms with Crippen LogP contribution in [0.1, 0.15) is 11.4 Å². The molecule has 106 valence electrons. The van der Waals surface area contributed by atoms with Crippen molar-refractivity contribution in [3.8, 4) is 11.5 Å². The number of aliphatic hydroxyl groups excluding tert-OH is 2. The third kappa shape index (κ3) is 2.72. The number of rotatable bonds is 3. The first kappa shape index (κ1) is 13.2. The van der Waals surface area contributed by atoms with E-state index >= 15 is 0 Å². The summed E-state index contributed by atoms with van der Waals surface area (Å²) in [7, 11) is 0. The first-order valence-corrected chi connectivity index (χ1v) is 6.60. The van der Waals surface area contributed by atoms with Crippen LogP contribution in [-0.4, -0.2) is 50.6 Å². The highest BCUT2D eigenvalue weighted by atomic mass is 16.5. The fourth-order valence-electron chi connectivity index (χ4n) is 2.31. The fraction of sp³-hybridized carbons (Fsp3) is 0.429. The van der Waals surface area contributed by atoms with Crippen LogP contribution in [0.4, 0.5) is 0 Å². The van der Waals surface area contributed by atoms with Gasteiger partial charge in [-0.1, -0.05) is 22.9 Å². The molecule has 0 saturated carbocycles. The second-order valence-electron chi connectivity index (χ2n) is 5.21. The summed E-state index contributed by atoms with van der Waals surface area (Å²) in [4.78, 5) is 6.24. The molecule has 6 nitrogen and oxygen atoms in total. The van der Waals surface area contributed by atoms with Crippen molar-refractivity contribution in [1.29, 1.82) is 0 Å². The Morgan fingerprint density at radius 2 is 1.85 bits per heavy atom. The summed E-state index contributed by atoms with van der Waals surface area (Å²) in [6, 6.07) is 7.87. The van der Waals surface area contributed by atoms with Crippen LogP contribution >= 0.6 is 0 Å². The van der Waals surface area contributed by atoms with Crippen LogP contribution in [0.5, 0.6) is 0 Å². The zero-order valence-electron chi connectivity index (χ0n) is 11.2. The third-order valence-corrected chi connectivity index (χ3v) is 3.47. The van der Waals surface area contributed by atoms with Crippen molar-refractivity contribution in [2.24, 2.45) is 0 Å². The van der Waals surface area contributed by atoms with Gasteiger partial charge in [-0.3, -0.25) is 4.90 Å². The predicted molar refractivity (Wildman–Crippen MR) is 71.8 cm³/mol. The van der Waals surface area contributed by atoms with Crippen LogP contribution in [0.3, 0.4) is 0 Å². The van der Waals surface area contributed by atoms with Crippen molar-refractivity contribution >= 4 is 0 Å². The minimum atomic E-state index is -0.696. The van der Waals surface area contributed by atoms with E-state index < -0.39 is 12.2 Å². The van der Waals surface area contributed by atoms with Gasteiger partial charge in [-0.05, 0) is 19.1 Å². The first-order valence-electron chi connectivity index (χ1n) is 6.60. The average molecular weight is 275 g/mol. The number of benzene rings is 1. The highest BCUT2D eigenvalue weighted by Crippen LogP contribution is 2.19. The number of aryl methyl sites for hydroxylation is 1. The van der Waals surface area contributed by atoms with Crippen LogP contribution in [0.15, 0.2) is 28.8 Å². The number of hydrogen-bond acceptors (Lipinski definition) is 6. The SMILES string of the molecule is Cc1ccc(-c2nc(CN3CC(O)C(O)C3)no2)cc1. The second kappa shape index (κ2) is 5.32. The number of aromatic nitrogens is 2. The van der Waals surface area contributed by atoms with Crippen molar-refractivity contribution in [2.75, 3.05) is 13.1 Å². The zero-order valence-corrected chi connectivity index (χ0v) is 11.2. The maximum absolute atomic E-state index is 9.50. The molecule has 3 rings (SSSR count). The highest BCUT2D eigenvalue weighted by molar-refractivity contribution is 5.53. The molecule has 1 aliphatic heterocycles. The van der Waals surface area contributed by atoms with Crippen LogP contribution in [-0.2, 0) is 6.54 Å². The Balaban J connectivity index is 1.69. The molecule has 0 bridgehead atoms. The Bertz CT molecular complexity index is 572. The van der Waals surface area contributed by atoms with Gasteiger partial charge >= 0.3 is 0 Å². The lowest BCUT2D eigenvalue weighted by Crippen LogP contribution is -2.22. The van der Waals surface area contributed by atoms with Gasteiger partial charge in [0.15, 0.2) is 5.82 Å². The molecule has 1 aromatic carbocycles. The quantitative estimate of drug-likeness (QED) is 0.852. The molecule has 1 saturated heterocycles. The molecule has 1 fully saturated rings. The maximum Gasteiger partial charge on any atom is 0.257 e. The highest BCUT2D eigenvalue weighted by Gasteiger charge is 2.30. The summed E-state index contributed by atoms with van der Waals surface area (Å²) in [5, 5.41) is 22.9. The van der Waals surface area contributed by atoms with Crippen molar-refractivity contribution in [3.05, 3.63) is 35.7 Å². The van der Waals surface area contributed by atoms with Crippen LogP contribution in [0.2, 0.25) is 0 Å². The van der Waals surface area contributed by atoms with Crippen molar-refractivity contribution in [3.63, 3.8) is 0 Å². The lowest BCUT2D eigenvalue weighted by Gasteiger charge is -2.10. The Morgan fingerprint density at radius 3 is 2.50 bits per heavy atom. The van der Waals surface area contributed by atoms with E-state index in [2.05, 4.69) is 10.1 Å². The molecule has 2 N–H and O–H groups in total. The molecule has 0 spiro atoms. The number of nitrogens with zero attached hydrogens (tertiary/aromatic N) is 3. The normalized spacial score (nSPS) is 23.4. The molecular formula is C14H17N3O3.